The van der Waals surface area contributed by atoms with Gasteiger partial charge in [-0.25, -0.2) is 4.98 Å². The third kappa shape index (κ3) is 2.26. The molecule has 3 N–H and O–H groups in total. The molecule has 2 aromatic rings. The molecule has 0 saturated carbocycles. The molecule has 5 heteroatoms. The molecule has 0 saturated heterocycles. The van der Waals surface area contributed by atoms with Crippen LogP contribution < -0.4 is 11.1 Å². The first-order chi connectivity index (χ1) is 7.81. The molecule has 0 atom stereocenters. The van der Waals surface area contributed by atoms with Gasteiger partial charge >= 0.3 is 0 Å². The van der Waals surface area contributed by atoms with Crippen LogP contribution in [0.5, 0.6) is 0 Å². The van der Waals surface area contributed by atoms with Gasteiger partial charge in [-0.05, 0) is 11.6 Å². The van der Waals surface area contributed by atoms with E-state index in [0.29, 0.717) is 12.2 Å². The summed E-state index contributed by atoms with van der Waals surface area (Å²) >= 11 is 1.39. The molecule has 0 unspecified atom stereocenters. The number of amides is 1. The molecule has 0 aliphatic rings. The van der Waals surface area contributed by atoms with E-state index in [1.54, 1.807) is 10.9 Å². The summed E-state index contributed by atoms with van der Waals surface area (Å²) in [6.07, 6.45) is 0. The molecule has 4 nitrogen and oxygen atoms in total. The van der Waals surface area contributed by atoms with E-state index in [-0.39, 0.29) is 5.91 Å². The largest absolute Gasteiger partial charge is 0.326 e. The third-order valence-corrected chi connectivity index (χ3v) is 2.74. The monoisotopic (exact) mass is 233 g/mol. The van der Waals surface area contributed by atoms with Crippen LogP contribution in [0, 0.1) is 0 Å². The van der Waals surface area contributed by atoms with Crippen LogP contribution in [0.15, 0.2) is 35.2 Å². The van der Waals surface area contributed by atoms with Crippen molar-refractivity contribution in [2.45, 2.75) is 6.54 Å². The van der Waals surface area contributed by atoms with Crippen molar-refractivity contribution in [1.29, 1.82) is 0 Å². The van der Waals surface area contributed by atoms with Crippen LogP contribution in [0.1, 0.15) is 16.1 Å². The summed E-state index contributed by atoms with van der Waals surface area (Å²) < 4.78 is 0. The Morgan fingerprint density at radius 3 is 2.94 bits per heavy atom. The van der Waals surface area contributed by atoms with Crippen molar-refractivity contribution in [2.24, 2.45) is 5.73 Å². The molecule has 0 aliphatic carbocycles. The summed E-state index contributed by atoms with van der Waals surface area (Å²) in [6.45, 7) is 0.396. The Morgan fingerprint density at radius 2 is 2.25 bits per heavy atom. The molecule has 0 radical (unpaired) electrons. The molecule has 2 rings (SSSR count). The van der Waals surface area contributed by atoms with Crippen LogP contribution >= 0.6 is 11.3 Å². The molecule has 1 aromatic carbocycles. The molecule has 0 spiro atoms. The minimum atomic E-state index is -0.206. The molecule has 16 heavy (non-hydrogen) atoms. The van der Waals surface area contributed by atoms with Crippen molar-refractivity contribution in [2.75, 3.05) is 5.32 Å². The Balaban J connectivity index is 2.18. The fraction of sp³-hybridized carbons (Fsp3) is 0.0909. The van der Waals surface area contributed by atoms with Crippen LogP contribution in [-0.4, -0.2) is 10.9 Å². The zero-order valence-corrected chi connectivity index (χ0v) is 9.33. The van der Waals surface area contributed by atoms with Crippen molar-refractivity contribution < 1.29 is 4.79 Å². The van der Waals surface area contributed by atoms with Gasteiger partial charge in [0.25, 0.3) is 5.91 Å². The van der Waals surface area contributed by atoms with Crippen molar-refractivity contribution >= 4 is 22.9 Å². The second kappa shape index (κ2) is 4.87. The van der Waals surface area contributed by atoms with Gasteiger partial charge < -0.3 is 11.1 Å². The highest BCUT2D eigenvalue weighted by molar-refractivity contribution is 7.07. The second-order valence-electron chi connectivity index (χ2n) is 3.19. The lowest BCUT2D eigenvalue weighted by atomic mass is 10.2. The molecule has 82 valence electrons. The number of nitrogens with two attached hydrogens (primary N) is 1. The molecule has 0 fully saturated rings. The Labute approximate surface area is 97.1 Å². The Morgan fingerprint density at radius 1 is 1.44 bits per heavy atom. The van der Waals surface area contributed by atoms with E-state index in [4.69, 9.17) is 5.73 Å². The lowest BCUT2D eigenvalue weighted by Crippen LogP contribution is -2.14. The van der Waals surface area contributed by atoms with E-state index in [1.165, 1.54) is 11.3 Å². The number of aromatic nitrogens is 1. The highest BCUT2D eigenvalue weighted by Crippen LogP contribution is 2.15. The number of carbonyl (C=O) groups is 1. The van der Waals surface area contributed by atoms with Gasteiger partial charge in [0, 0.05) is 17.6 Å². The van der Waals surface area contributed by atoms with Gasteiger partial charge in [0.15, 0.2) is 0 Å². The lowest BCUT2D eigenvalue weighted by Gasteiger charge is -2.07. The van der Waals surface area contributed by atoms with E-state index < -0.39 is 0 Å². The summed E-state index contributed by atoms with van der Waals surface area (Å²) in [5.74, 6) is -0.206. The first-order valence-electron chi connectivity index (χ1n) is 4.79. The molecule has 1 amide bonds. The van der Waals surface area contributed by atoms with Gasteiger partial charge in [-0.2, -0.15) is 0 Å². The fourth-order valence-electron chi connectivity index (χ4n) is 1.33. The predicted molar refractivity (Wildman–Crippen MR) is 64.4 cm³/mol. The normalized spacial score (nSPS) is 10.1. The van der Waals surface area contributed by atoms with E-state index in [0.717, 1.165) is 11.3 Å². The average molecular weight is 233 g/mol. The number of thiazole rings is 1. The first-order valence-corrected chi connectivity index (χ1v) is 5.73. The van der Waals surface area contributed by atoms with Gasteiger partial charge in [-0.3, -0.25) is 4.79 Å². The summed E-state index contributed by atoms with van der Waals surface area (Å²) in [7, 11) is 0. The number of carbonyl (C=O) groups excluding carboxylic acids is 1. The Bertz CT molecular complexity index is 482. The second-order valence-corrected chi connectivity index (χ2v) is 3.91. The topological polar surface area (TPSA) is 68.0 Å². The average Bonchev–Trinajstić information content (AvgIpc) is 2.83. The lowest BCUT2D eigenvalue weighted by molar-refractivity contribution is 0.102. The van der Waals surface area contributed by atoms with E-state index in [1.807, 2.05) is 24.3 Å². The number of para-hydroxylation sites is 1. The summed E-state index contributed by atoms with van der Waals surface area (Å²) in [6, 6.07) is 7.46. The van der Waals surface area contributed by atoms with Crippen LogP contribution in [0.25, 0.3) is 0 Å². The number of hydrogen-bond acceptors (Lipinski definition) is 4. The highest BCUT2D eigenvalue weighted by Gasteiger charge is 2.09. The van der Waals surface area contributed by atoms with Crippen molar-refractivity contribution in [1.82, 2.24) is 4.98 Å². The maximum Gasteiger partial charge on any atom is 0.275 e. The van der Waals surface area contributed by atoms with Crippen molar-refractivity contribution in [3.05, 3.63) is 46.4 Å². The number of rotatable bonds is 3. The molecular weight excluding hydrogens is 222 g/mol. The van der Waals surface area contributed by atoms with Crippen LogP contribution in [0.4, 0.5) is 5.69 Å². The Hall–Kier alpha value is -1.72. The summed E-state index contributed by atoms with van der Waals surface area (Å²) in [5.41, 5.74) is 9.28. The molecule has 1 heterocycles. The van der Waals surface area contributed by atoms with Crippen molar-refractivity contribution in [3.63, 3.8) is 0 Å². The molecular formula is C11H11N3OS. The number of nitrogens with zero attached hydrogens (tertiary/aromatic N) is 1. The summed E-state index contributed by atoms with van der Waals surface area (Å²) in [4.78, 5) is 15.7. The van der Waals surface area contributed by atoms with Gasteiger partial charge in [0.1, 0.15) is 5.69 Å². The Kier molecular flexibility index (Phi) is 3.28. The predicted octanol–water partition coefficient (Wildman–Crippen LogP) is 1.85. The minimum absolute atomic E-state index is 0.206. The highest BCUT2D eigenvalue weighted by atomic mass is 32.1. The number of benzene rings is 1. The van der Waals surface area contributed by atoms with E-state index in [9.17, 15) is 4.79 Å². The first kappa shape index (κ1) is 10.8. The smallest absolute Gasteiger partial charge is 0.275 e. The molecule has 0 aliphatic heterocycles. The van der Waals surface area contributed by atoms with Crippen LogP contribution in [0.3, 0.4) is 0 Å². The maximum atomic E-state index is 11.7. The zero-order chi connectivity index (χ0) is 11.4. The quantitative estimate of drug-likeness (QED) is 0.850. The van der Waals surface area contributed by atoms with E-state index in [2.05, 4.69) is 10.3 Å². The van der Waals surface area contributed by atoms with Gasteiger partial charge in [0.05, 0.1) is 5.51 Å². The molecule has 1 aromatic heterocycles. The zero-order valence-electron chi connectivity index (χ0n) is 8.51. The molecule has 0 bridgehead atoms. The van der Waals surface area contributed by atoms with E-state index >= 15 is 0 Å². The standard InChI is InChI=1S/C11H11N3OS/c12-5-8-3-1-2-4-9(8)14-11(15)10-6-16-7-13-10/h1-4,6-7H,5,12H2,(H,14,15). The SMILES string of the molecule is NCc1ccccc1NC(=O)c1cscn1. The number of anilines is 1. The van der Waals surface area contributed by atoms with Crippen molar-refractivity contribution in [3.8, 4) is 0 Å². The van der Waals surface area contributed by atoms with Gasteiger partial charge in [-0.15, -0.1) is 11.3 Å². The fourth-order valence-corrected chi connectivity index (χ4v) is 1.86. The number of hydrogen-bond donors (Lipinski definition) is 2. The minimum Gasteiger partial charge on any atom is -0.326 e. The number of nitrogens with one attached hydrogen (secondary N) is 1. The van der Waals surface area contributed by atoms with Gasteiger partial charge in [-0.1, -0.05) is 18.2 Å². The van der Waals surface area contributed by atoms with Crippen LogP contribution in [0.2, 0.25) is 0 Å². The summed E-state index contributed by atoms with van der Waals surface area (Å²) in [5, 5.41) is 4.50. The maximum absolute atomic E-state index is 11.7. The third-order valence-electron chi connectivity index (χ3n) is 2.15. The van der Waals surface area contributed by atoms with Gasteiger partial charge in [0.2, 0.25) is 0 Å². The van der Waals surface area contributed by atoms with Crippen LogP contribution in [-0.2, 0) is 6.54 Å².